The molecular weight excluding hydrogens is 224 g/mol. The maximum Gasteiger partial charge on any atom is 0.211 e. The van der Waals surface area contributed by atoms with Crippen LogP contribution in [0.3, 0.4) is 0 Å². The van der Waals surface area contributed by atoms with Gasteiger partial charge in [0.25, 0.3) is 0 Å². The number of alkyl halides is 1. The Labute approximate surface area is 91.7 Å². The fourth-order valence-corrected chi connectivity index (χ4v) is 2.53. The molecule has 0 rings (SSSR count). The summed E-state index contributed by atoms with van der Waals surface area (Å²) in [7, 11) is 0.647. The van der Waals surface area contributed by atoms with E-state index in [9.17, 15) is 8.42 Å². The Morgan fingerprint density at radius 3 is 2.43 bits per heavy atom. The Bertz CT molecular complexity index is 242. The van der Waals surface area contributed by atoms with Crippen molar-refractivity contribution in [3.8, 4) is 0 Å². The van der Waals surface area contributed by atoms with E-state index in [4.69, 9.17) is 11.6 Å². The van der Waals surface area contributed by atoms with Gasteiger partial charge in [-0.3, -0.25) is 0 Å². The van der Waals surface area contributed by atoms with Crippen LogP contribution in [0, 0.1) is 5.92 Å². The van der Waals surface area contributed by atoms with Crippen molar-refractivity contribution in [2.45, 2.75) is 6.92 Å². The Hall–Kier alpha value is 0.160. The van der Waals surface area contributed by atoms with Crippen molar-refractivity contribution >= 4 is 21.6 Å². The molecule has 0 radical (unpaired) electrons. The molecule has 0 aliphatic heterocycles. The SMILES string of the molecule is CC(CCl)CS(=O)(=O)NCCN(C)C. The van der Waals surface area contributed by atoms with Crippen molar-refractivity contribution in [3.05, 3.63) is 0 Å². The summed E-state index contributed by atoms with van der Waals surface area (Å²) in [5, 5.41) is 0. The lowest BCUT2D eigenvalue weighted by molar-refractivity contribution is 0.412. The summed E-state index contributed by atoms with van der Waals surface area (Å²) in [6.45, 7) is 2.97. The summed E-state index contributed by atoms with van der Waals surface area (Å²) in [6.07, 6.45) is 0. The van der Waals surface area contributed by atoms with E-state index in [1.165, 1.54) is 0 Å². The lowest BCUT2D eigenvalue weighted by Gasteiger charge is -2.12. The number of halogens is 1. The second-order valence-electron chi connectivity index (χ2n) is 3.74. The topological polar surface area (TPSA) is 49.4 Å². The van der Waals surface area contributed by atoms with Crippen LogP contribution in [0.15, 0.2) is 0 Å². The number of nitrogens with zero attached hydrogens (tertiary/aromatic N) is 1. The van der Waals surface area contributed by atoms with Crippen molar-refractivity contribution in [1.82, 2.24) is 9.62 Å². The first-order valence-electron chi connectivity index (χ1n) is 4.55. The van der Waals surface area contributed by atoms with Gasteiger partial charge in [0.1, 0.15) is 0 Å². The van der Waals surface area contributed by atoms with E-state index in [-0.39, 0.29) is 11.7 Å². The lowest BCUT2D eigenvalue weighted by atomic mass is 10.3. The summed E-state index contributed by atoms with van der Waals surface area (Å²) in [5.41, 5.74) is 0. The Morgan fingerprint density at radius 1 is 1.43 bits per heavy atom. The Kier molecular flexibility index (Phi) is 6.68. The smallest absolute Gasteiger partial charge is 0.211 e. The highest BCUT2D eigenvalue weighted by atomic mass is 35.5. The van der Waals surface area contributed by atoms with Crippen LogP contribution in [0.2, 0.25) is 0 Å². The molecule has 1 N–H and O–H groups in total. The fraction of sp³-hybridized carbons (Fsp3) is 1.00. The minimum absolute atomic E-state index is 0.00600. The standard InChI is InChI=1S/C8H19ClN2O2S/c1-8(6-9)7-14(12,13)10-4-5-11(2)3/h8,10H,4-7H2,1-3H3. The summed E-state index contributed by atoms with van der Waals surface area (Å²) >= 11 is 5.54. The average Bonchev–Trinajstić information content (AvgIpc) is 2.02. The Morgan fingerprint density at radius 2 is 2.00 bits per heavy atom. The maximum atomic E-state index is 11.4. The van der Waals surface area contributed by atoms with E-state index >= 15 is 0 Å². The van der Waals surface area contributed by atoms with Gasteiger partial charge < -0.3 is 4.90 Å². The largest absolute Gasteiger partial charge is 0.308 e. The number of likely N-dealkylation sites (N-methyl/N-ethyl adjacent to an activating group) is 1. The third kappa shape index (κ3) is 7.55. The highest BCUT2D eigenvalue weighted by Crippen LogP contribution is 2.01. The normalized spacial score (nSPS) is 14.6. The molecule has 0 fully saturated rings. The quantitative estimate of drug-likeness (QED) is 0.656. The molecule has 86 valence electrons. The second kappa shape index (κ2) is 6.61. The Balaban J connectivity index is 3.84. The first-order valence-corrected chi connectivity index (χ1v) is 6.74. The number of hydrogen-bond acceptors (Lipinski definition) is 3. The zero-order valence-electron chi connectivity index (χ0n) is 8.96. The minimum Gasteiger partial charge on any atom is -0.308 e. The van der Waals surface area contributed by atoms with Crippen LogP contribution < -0.4 is 4.72 Å². The highest BCUT2D eigenvalue weighted by molar-refractivity contribution is 7.89. The molecule has 0 heterocycles. The molecule has 0 aliphatic rings. The molecule has 0 aromatic rings. The molecular formula is C8H19ClN2O2S. The number of sulfonamides is 1. The molecule has 0 saturated carbocycles. The highest BCUT2D eigenvalue weighted by Gasteiger charge is 2.14. The van der Waals surface area contributed by atoms with Crippen molar-refractivity contribution in [1.29, 1.82) is 0 Å². The predicted molar refractivity (Wildman–Crippen MR) is 60.2 cm³/mol. The van der Waals surface area contributed by atoms with Gasteiger partial charge >= 0.3 is 0 Å². The van der Waals surface area contributed by atoms with Gasteiger partial charge in [0.05, 0.1) is 5.75 Å². The molecule has 0 bridgehead atoms. The minimum atomic E-state index is -3.15. The van der Waals surface area contributed by atoms with Crippen molar-refractivity contribution < 1.29 is 8.42 Å². The molecule has 1 atom stereocenters. The van der Waals surface area contributed by atoms with Crippen molar-refractivity contribution in [2.24, 2.45) is 5.92 Å². The number of hydrogen-bond donors (Lipinski definition) is 1. The van der Waals surface area contributed by atoms with E-state index in [0.29, 0.717) is 19.0 Å². The number of rotatable bonds is 7. The molecule has 0 amide bonds. The van der Waals surface area contributed by atoms with Crippen LogP contribution in [-0.2, 0) is 10.0 Å². The van der Waals surface area contributed by atoms with E-state index in [1.807, 2.05) is 25.9 Å². The van der Waals surface area contributed by atoms with Gasteiger partial charge in [0.15, 0.2) is 0 Å². The van der Waals surface area contributed by atoms with Crippen LogP contribution in [0.1, 0.15) is 6.92 Å². The third-order valence-corrected chi connectivity index (χ3v) is 3.83. The van der Waals surface area contributed by atoms with Crippen LogP contribution in [0.25, 0.3) is 0 Å². The van der Waals surface area contributed by atoms with Crippen LogP contribution in [-0.4, -0.2) is 52.1 Å². The molecule has 14 heavy (non-hydrogen) atoms. The molecule has 1 unspecified atom stereocenters. The summed E-state index contributed by atoms with van der Waals surface area (Å²) in [4.78, 5) is 1.92. The monoisotopic (exact) mass is 242 g/mol. The van der Waals surface area contributed by atoms with Gasteiger partial charge in [-0.15, -0.1) is 11.6 Å². The first kappa shape index (κ1) is 14.2. The fourth-order valence-electron chi connectivity index (χ4n) is 0.903. The zero-order valence-corrected chi connectivity index (χ0v) is 10.5. The van der Waals surface area contributed by atoms with Gasteiger partial charge in [-0.25, -0.2) is 13.1 Å². The molecule has 0 spiro atoms. The van der Waals surface area contributed by atoms with Gasteiger partial charge in [0, 0.05) is 19.0 Å². The lowest BCUT2D eigenvalue weighted by Crippen LogP contribution is -2.34. The maximum absolute atomic E-state index is 11.4. The first-order chi connectivity index (χ1) is 6.37. The predicted octanol–water partition coefficient (Wildman–Crippen LogP) is 0.342. The van der Waals surface area contributed by atoms with Crippen molar-refractivity contribution in [3.63, 3.8) is 0 Å². The van der Waals surface area contributed by atoms with Crippen LogP contribution in [0.4, 0.5) is 0 Å². The number of nitrogens with one attached hydrogen (secondary N) is 1. The summed E-state index contributed by atoms with van der Waals surface area (Å²) in [5.74, 6) is 0.465. The molecule has 0 aromatic heterocycles. The molecule has 0 saturated heterocycles. The molecule has 6 heteroatoms. The van der Waals surface area contributed by atoms with Crippen LogP contribution >= 0.6 is 11.6 Å². The average molecular weight is 243 g/mol. The summed E-state index contributed by atoms with van der Waals surface area (Å²) in [6, 6.07) is 0. The third-order valence-electron chi connectivity index (χ3n) is 1.65. The van der Waals surface area contributed by atoms with Gasteiger partial charge in [0.2, 0.25) is 10.0 Å². The molecule has 0 aliphatic carbocycles. The van der Waals surface area contributed by atoms with Crippen molar-refractivity contribution in [2.75, 3.05) is 38.8 Å². The van der Waals surface area contributed by atoms with E-state index in [2.05, 4.69) is 4.72 Å². The van der Waals surface area contributed by atoms with E-state index < -0.39 is 10.0 Å². The van der Waals surface area contributed by atoms with Gasteiger partial charge in [-0.2, -0.15) is 0 Å². The van der Waals surface area contributed by atoms with E-state index in [0.717, 1.165) is 0 Å². The summed E-state index contributed by atoms with van der Waals surface area (Å²) < 4.78 is 25.3. The molecule has 0 aromatic carbocycles. The van der Waals surface area contributed by atoms with Crippen LogP contribution in [0.5, 0.6) is 0 Å². The molecule has 4 nitrogen and oxygen atoms in total. The van der Waals surface area contributed by atoms with Gasteiger partial charge in [-0.05, 0) is 20.0 Å². The van der Waals surface area contributed by atoms with E-state index in [1.54, 1.807) is 0 Å². The van der Waals surface area contributed by atoms with Gasteiger partial charge in [-0.1, -0.05) is 6.92 Å². The second-order valence-corrected chi connectivity index (χ2v) is 5.90. The zero-order chi connectivity index (χ0) is 11.2.